The third kappa shape index (κ3) is 6.61. The van der Waals surface area contributed by atoms with Crippen molar-refractivity contribution in [3.05, 3.63) is 82.3 Å². The van der Waals surface area contributed by atoms with E-state index in [1.807, 2.05) is 43.3 Å². The van der Waals surface area contributed by atoms with Gasteiger partial charge < -0.3 is 19.5 Å². The lowest BCUT2D eigenvalue weighted by molar-refractivity contribution is -0.118. The van der Waals surface area contributed by atoms with E-state index < -0.39 is 0 Å². The first-order chi connectivity index (χ1) is 16.0. The Bertz CT molecular complexity index is 1170. The fourth-order valence-electron chi connectivity index (χ4n) is 3.05. The van der Waals surface area contributed by atoms with E-state index in [2.05, 4.69) is 27.3 Å². The number of para-hydroxylation sites is 1. The summed E-state index contributed by atoms with van der Waals surface area (Å²) in [7, 11) is 1.60. The van der Waals surface area contributed by atoms with Gasteiger partial charge in [0, 0.05) is 5.69 Å². The molecule has 3 aromatic rings. The van der Waals surface area contributed by atoms with Crippen LogP contribution in [0, 0.1) is 11.3 Å². The smallest absolute Gasteiger partial charge is 0.262 e. The summed E-state index contributed by atoms with van der Waals surface area (Å²) < 4.78 is 17.3. The molecule has 0 unspecified atom stereocenters. The minimum absolute atomic E-state index is 0.182. The van der Waals surface area contributed by atoms with Gasteiger partial charge in [-0.1, -0.05) is 18.2 Å². The highest BCUT2D eigenvalue weighted by molar-refractivity contribution is 9.10. The van der Waals surface area contributed by atoms with Crippen LogP contribution in [0.15, 0.2) is 71.2 Å². The molecule has 0 aliphatic rings. The molecule has 0 aliphatic carbocycles. The highest BCUT2D eigenvalue weighted by Crippen LogP contribution is 2.38. The fraction of sp³-hybridized carbons (Fsp3) is 0.154. The van der Waals surface area contributed by atoms with Crippen molar-refractivity contribution < 1.29 is 19.0 Å². The lowest BCUT2D eigenvalue weighted by atomic mass is 10.0. The molecule has 0 aliphatic heterocycles. The molecular weight excluding hydrogens is 484 g/mol. The molecule has 0 spiro atoms. The van der Waals surface area contributed by atoms with Crippen LogP contribution < -0.4 is 19.5 Å². The quantitative estimate of drug-likeness (QED) is 0.287. The largest absolute Gasteiger partial charge is 0.497 e. The van der Waals surface area contributed by atoms with Crippen LogP contribution in [0.3, 0.4) is 0 Å². The maximum Gasteiger partial charge on any atom is 0.262 e. The van der Waals surface area contributed by atoms with Gasteiger partial charge in [-0.2, -0.15) is 5.26 Å². The Morgan fingerprint density at radius 2 is 1.82 bits per heavy atom. The molecule has 1 amide bonds. The Hall–Kier alpha value is -3.76. The molecule has 3 aromatic carbocycles. The monoisotopic (exact) mass is 506 g/mol. The zero-order valence-electron chi connectivity index (χ0n) is 18.3. The van der Waals surface area contributed by atoms with Gasteiger partial charge in [-0.15, -0.1) is 0 Å². The van der Waals surface area contributed by atoms with Gasteiger partial charge in [0.05, 0.1) is 29.8 Å². The zero-order chi connectivity index (χ0) is 23.6. The second-order valence-corrected chi connectivity index (χ2v) is 7.72. The Morgan fingerprint density at radius 3 is 2.45 bits per heavy atom. The second-order valence-electron chi connectivity index (χ2n) is 6.86. The number of carbonyl (C=O) groups excluding carboxylic acids is 1. The molecule has 1 N–H and O–H groups in total. The topological polar surface area (TPSA) is 80.6 Å². The van der Waals surface area contributed by atoms with Crippen LogP contribution >= 0.6 is 15.9 Å². The average molecular weight is 507 g/mol. The number of hydrogen-bond donors (Lipinski definition) is 1. The minimum Gasteiger partial charge on any atom is -0.497 e. The van der Waals surface area contributed by atoms with Crippen molar-refractivity contribution in [2.45, 2.75) is 6.92 Å². The summed E-state index contributed by atoms with van der Waals surface area (Å²) in [4.78, 5) is 12.3. The number of amides is 1. The number of benzene rings is 3. The van der Waals surface area contributed by atoms with Crippen molar-refractivity contribution in [3.8, 4) is 23.3 Å². The maximum atomic E-state index is 12.3. The van der Waals surface area contributed by atoms with Gasteiger partial charge in [0.2, 0.25) is 0 Å². The van der Waals surface area contributed by atoms with Crippen LogP contribution in [0.25, 0.3) is 11.6 Å². The number of rotatable bonds is 9. The Labute approximate surface area is 201 Å². The standard InChI is InChI=1S/C26H23BrN2O4/c1-3-32-24-15-18(13-20(16-28)19-9-11-22(31-2)12-10-19)14-23(27)26(24)33-17-25(30)29-21-7-5-4-6-8-21/h4-15H,3,17H2,1-2H3,(H,29,30)/b20-13+. The van der Waals surface area contributed by atoms with E-state index in [4.69, 9.17) is 14.2 Å². The number of ether oxygens (including phenoxy) is 3. The molecule has 0 bridgehead atoms. The third-order valence-corrected chi connectivity index (χ3v) is 5.16. The van der Waals surface area contributed by atoms with Gasteiger partial charge in [0.1, 0.15) is 5.75 Å². The van der Waals surface area contributed by atoms with E-state index in [0.29, 0.717) is 33.8 Å². The Morgan fingerprint density at radius 1 is 1.09 bits per heavy atom. The van der Waals surface area contributed by atoms with Crippen molar-refractivity contribution in [2.24, 2.45) is 0 Å². The van der Waals surface area contributed by atoms with Crippen LogP contribution in [0.1, 0.15) is 18.1 Å². The average Bonchev–Trinajstić information content (AvgIpc) is 2.83. The first kappa shape index (κ1) is 23.9. The predicted octanol–water partition coefficient (Wildman–Crippen LogP) is 5.94. The van der Waals surface area contributed by atoms with Crippen molar-refractivity contribution in [1.29, 1.82) is 5.26 Å². The van der Waals surface area contributed by atoms with Gasteiger partial charge in [-0.3, -0.25) is 4.79 Å². The molecule has 33 heavy (non-hydrogen) atoms. The van der Waals surface area contributed by atoms with Crippen molar-refractivity contribution in [3.63, 3.8) is 0 Å². The summed E-state index contributed by atoms with van der Waals surface area (Å²) in [6.07, 6.45) is 1.76. The molecule has 0 heterocycles. The van der Waals surface area contributed by atoms with E-state index in [-0.39, 0.29) is 12.5 Å². The van der Waals surface area contributed by atoms with E-state index >= 15 is 0 Å². The molecule has 3 rings (SSSR count). The number of nitrogens with one attached hydrogen (secondary N) is 1. The molecule has 0 fully saturated rings. The van der Waals surface area contributed by atoms with Crippen molar-refractivity contribution in [2.75, 3.05) is 25.6 Å². The summed E-state index contributed by atoms with van der Waals surface area (Å²) in [5.74, 6) is 1.32. The van der Waals surface area contributed by atoms with Gasteiger partial charge in [0.25, 0.3) is 5.91 Å². The number of hydrogen-bond acceptors (Lipinski definition) is 5. The zero-order valence-corrected chi connectivity index (χ0v) is 19.9. The van der Waals surface area contributed by atoms with Crippen molar-refractivity contribution in [1.82, 2.24) is 0 Å². The molecule has 6 nitrogen and oxygen atoms in total. The van der Waals surface area contributed by atoms with Crippen LogP contribution in [-0.4, -0.2) is 26.2 Å². The Balaban J connectivity index is 1.81. The van der Waals surface area contributed by atoms with Crippen LogP contribution in [0.5, 0.6) is 17.2 Å². The number of nitrogens with zero attached hydrogens (tertiary/aromatic N) is 1. The number of anilines is 1. The molecule has 0 saturated heterocycles. The lowest BCUT2D eigenvalue weighted by Crippen LogP contribution is -2.20. The Kier molecular flexibility index (Phi) is 8.50. The van der Waals surface area contributed by atoms with Gasteiger partial charge in [-0.25, -0.2) is 0 Å². The number of carbonyl (C=O) groups is 1. The van der Waals surface area contributed by atoms with Crippen LogP contribution in [0.4, 0.5) is 5.69 Å². The molecular formula is C26H23BrN2O4. The first-order valence-electron chi connectivity index (χ1n) is 10.2. The van der Waals surface area contributed by atoms with Gasteiger partial charge in [0.15, 0.2) is 18.1 Å². The normalized spacial score (nSPS) is 10.8. The summed E-state index contributed by atoms with van der Waals surface area (Å²) in [5.41, 5.74) is 2.70. The third-order valence-electron chi connectivity index (χ3n) is 4.57. The summed E-state index contributed by atoms with van der Waals surface area (Å²) >= 11 is 3.51. The number of nitriles is 1. The molecule has 7 heteroatoms. The fourth-order valence-corrected chi connectivity index (χ4v) is 3.62. The number of allylic oxidation sites excluding steroid dienone is 1. The van der Waals surface area contributed by atoms with E-state index in [1.54, 1.807) is 43.5 Å². The van der Waals surface area contributed by atoms with E-state index in [1.165, 1.54) is 0 Å². The molecule has 0 saturated carbocycles. The maximum absolute atomic E-state index is 12.3. The second kappa shape index (κ2) is 11.7. The lowest BCUT2D eigenvalue weighted by Gasteiger charge is -2.15. The molecule has 0 radical (unpaired) electrons. The van der Waals surface area contributed by atoms with E-state index in [0.717, 1.165) is 16.9 Å². The number of halogens is 1. The summed E-state index contributed by atoms with van der Waals surface area (Å²) in [6, 6.07) is 22.3. The van der Waals surface area contributed by atoms with Crippen LogP contribution in [-0.2, 0) is 4.79 Å². The highest BCUT2D eigenvalue weighted by Gasteiger charge is 2.14. The summed E-state index contributed by atoms with van der Waals surface area (Å²) in [6.45, 7) is 2.09. The minimum atomic E-state index is -0.286. The SMILES string of the molecule is CCOc1cc(/C=C(\C#N)c2ccc(OC)cc2)cc(Br)c1OCC(=O)Nc1ccccc1. The van der Waals surface area contributed by atoms with Gasteiger partial charge >= 0.3 is 0 Å². The number of methoxy groups -OCH3 is 1. The molecule has 168 valence electrons. The molecule has 0 atom stereocenters. The van der Waals surface area contributed by atoms with E-state index in [9.17, 15) is 10.1 Å². The highest BCUT2D eigenvalue weighted by atomic mass is 79.9. The van der Waals surface area contributed by atoms with Gasteiger partial charge in [-0.05, 0) is 88.6 Å². The van der Waals surface area contributed by atoms with Crippen molar-refractivity contribution >= 4 is 39.2 Å². The predicted molar refractivity (Wildman–Crippen MR) is 132 cm³/mol. The van der Waals surface area contributed by atoms with Crippen LogP contribution in [0.2, 0.25) is 0 Å². The summed E-state index contributed by atoms with van der Waals surface area (Å²) in [5, 5.41) is 12.4. The first-order valence-corrected chi connectivity index (χ1v) is 11.0. The molecule has 0 aromatic heterocycles.